The van der Waals surface area contributed by atoms with Gasteiger partial charge in [0.2, 0.25) is 15.9 Å². The largest absolute Gasteiger partial charge is 0.486 e. The molecule has 0 atom stereocenters. The molecule has 9 nitrogen and oxygen atoms in total. The Labute approximate surface area is 196 Å². The number of nitrogens with zero attached hydrogens (tertiary/aromatic N) is 1. The Balaban J connectivity index is 1.39. The lowest BCUT2D eigenvalue weighted by Gasteiger charge is -2.17. The molecule has 0 bridgehead atoms. The van der Waals surface area contributed by atoms with E-state index in [1.165, 1.54) is 25.2 Å². The van der Waals surface area contributed by atoms with Crippen LogP contribution in [0.3, 0.4) is 0 Å². The lowest BCUT2D eigenvalue weighted by Crippen LogP contribution is -2.41. The van der Waals surface area contributed by atoms with Crippen LogP contribution < -0.4 is 15.6 Å². The van der Waals surface area contributed by atoms with Crippen LogP contribution in [0.4, 0.5) is 4.39 Å². The number of amides is 2. The lowest BCUT2D eigenvalue weighted by atomic mass is 10.3. The zero-order valence-electron chi connectivity index (χ0n) is 18.4. The fourth-order valence-corrected chi connectivity index (χ4v) is 4.08. The molecule has 0 aliphatic rings. The molecule has 180 valence electrons. The molecular weight excluding hydrogens is 465 g/mol. The molecule has 2 N–H and O–H groups in total. The third kappa shape index (κ3) is 6.90. The Kier molecular flexibility index (Phi) is 8.39. The average molecular weight is 490 g/mol. The molecule has 34 heavy (non-hydrogen) atoms. The molecule has 2 amide bonds. The first-order valence-electron chi connectivity index (χ1n) is 10.3. The maximum atomic E-state index is 13.0. The first kappa shape index (κ1) is 24.9. The minimum absolute atomic E-state index is 0.00270. The normalized spacial score (nSPS) is 11.3. The quantitative estimate of drug-likeness (QED) is 0.423. The van der Waals surface area contributed by atoms with E-state index in [0.717, 1.165) is 16.4 Å². The van der Waals surface area contributed by atoms with Crippen LogP contribution in [0.1, 0.15) is 29.2 Å². The highest BCUT2D eigenvalue weighted by molar-refractivity contribution is 7.89. The van der Waals surface area contributed by atoms with Crippen molar-refractivity contribution in [2.75, 3.05) is 13.6 Å². The van der Waals surface area contributed by atoms with Gasteiger partial charge in [0, 0.05) is 20.0 Å². The van der Waals surface area contributed by atoms with E-state index >= 15 is 0 Å². The zero-order chi connectivity index (χ0) is 24.6. The van der Waals surface area contributed by atoms with E-state index in [4.69, 9.17) is 9.15 Å². The second-order valence-corrected chi connectivity index (χ2v) is 9.30. The third-order valence-electron chi connectivity index (χ3n) is 4.72. The van der Waals surface area contributed by atoms with Gasteiger partial charge >= 0.3 is 5.91 Å². The minimum atomic E-state index is -3.79. The minimum Gasteiger partial charge on any atom is -0.486 e. The monoisotopic (exact) mass is 489 g/mol. The topological polar surface area (TPSA) is 118 Å². The van der Waals surface area contributed by atoms with Crippen molar-refractivity contribution >= 4 is 21.8 Å². The van der Waals surface area contributed by atoms with Gasteiger partial charge in [0.25, 0.3) is 0 Å². The number of hydrazine groups is 1. The predicted molar refractivity (Wildman–Crippen MR) is 121 cm³/mol. The Morgan fingerprint density at radius 2 is 1.71 bits per heavy atom. The van der Waals surface area contributed by atoms with Crippen LogP contribution in [-0.2, 0) is 21.4 Å². The van der Waals surface area contributed by atoms with Crippen molar-refractivity contribution in [1.29, 1.82) is 0 Å². The van der Waals surface area contributed by atoms with Crippen molar-refractivity contribution in [1.82, 2.24) is 15.2 Å². The van der Waals surface area contributed by atoms with Gasteiger partial charge in [0.1, 0.15) is 23.9 Å². The molecule has 0 spiro atoms. The fraction of sp³-hybridized carbons (Fsp3) is 0.217. The standard InChI is InChI=1S/C23H24FN3O6S/c1-27(34(30,31)20-12-9-17(24)10-13-20)15-5-8-22(28)25-26-23(29)21-14-11-19(33-21)16-32-18-6-3-2-4-7-18/h2-4,6-7,9-14H,5,8,15-16H2,1H3,(H,25,28)(H,26,29). The van der Waals surface area contributed by atoms with E-state index in [2.05, 4.69) is 10.9 Å². The van der Waals surface area contributed by atoms with Crippen LogP contribution in [0.25, 0.3) is 0 Å². The van der Waals surface area contributed by atoms with Crippen molar-refractivity contribution in [3.8, 4) is 5.75 Å². The third-order valence-corrected chi connectivity index (χ3v) is 6.59. The molecule has 0 saturated heterocycles. The number of sulfonamides is 1. The first-order valence-corrected chi connectivity index (χ1v) is 11.8. The number of hydrogen-bond donors (Lipinski definition) is 2. The first-order chi connectivity index (χ1) is 16.3. The molecule has 0 fully saturated rings. The van der Waals surface area contributed by atoms with Crippen LogP contribution in [-0.4, -0.2) is 38.1 Å². The van der Waals surface area contributed by atoms with E-state index in [-0.39, 0.29) is 36.6 Å². The summed E-state index contributed by atoms with van der Waals surface area (Å²) in [5.41, 5.74) is 4.50. The van der Waals surface area contributed by atoms with Gasteiger partial charge in [-0.2, -0.15) is 0 Å². The van der Waals surface area contributed by atoms with Crippen molar-refractivity contribution < 1.29 is 31.6 Å². The molecule has 0 unspecified atom stereocenters. The molecule has 3 rings (SSSR count). The highest BCUT2D eigenvalue weighted by atomic mass is 32.2. The molecule has 1 heterocycles. The maximum absolute atomic E-state index is 13.0. The lowest BCUT2D eigenvalue weighted by molar-refractivity contribution is -0.122. The summed E-state index contributed by atoms with van der Waals surface area (Å²) in [7, 11) is -2.42. The molecular formula is C23H24FN3O6S. The number of para-hydroxylation sites is 1. The number of halogens is 1. The number of ether oxygens (including phenoxy) is 1. The van der Waals surface area contributed by atoms with E-state index in [1.807, 2.05) is 18.2 Å². The SMILES string of the molecule is CN(CCCC(=O)NNC(=O)c1ccc(COc2ccccc2)o1)S(=O)(=O)c1ccc(F)cc1. The molecule has 2 aromatic carbocycles. The van der Waals surface area contributed by atoms with Crippen molar-refractivity contribution in [2.45, 2.75) is 24.3 Å². The number of carbonyl (C=O) groups is 2. The number of nitrogens with one attached hydrogen (secondary N) is 2. The molecule has 0 radical (unpaired) electrons. The summed E-state index contributed by atoms with van der Waals surface area (Å²) in [4.78, 5) is 24.1. The molecule has 1 aromatic heterocycles. The van der Waals surface area contributed by atoms with Crippen LogP contribution in [0.5, 0.6) is 5.75 Å². The summed E-state index contributed by atoms with van der Waals surface area (Å²) in [6.45, 7) is 0.196. The summed E-state index contributed by atoms with van der Waals surface area (Å²) in [5.74, 6) is -0.585. The Morgan fingerprint density at radius 3 is 2.41 bits per heavy atom. The van der Waals surface area contributed by atoms with Crippen molar-refractivity contribution in [2.24, 2.45) is 0 Å². The van der Waals surface area contributed by atoms with Gasteiger partial charge < -0.3 is 9.15 Å². The van der Waals surface area contributed by atoms with Gasteiger partial charge in [-0.1, -0.05) is 18.2 Å². The van der Waals surface area contributed by atoms with Crippen LogP contribution in [0.2, 0.25) is 0 Å². The summed E-state index contributed by atoms with van der Waals surface area (Å²) < 4.78 is 49.9. The van der Waals surface area contributed by atoms with Gasteiger partial charge in [-0.3, -0.25) is 20.4 Å². The van der Waals surface area contributed by atoms with E-state index in [9.17, 15) is 22.4 Å². The number of rotatable bonds is 10. The summed E-state index contributed by atoms with van der Waals surface area (Å²) in [6.07, 6.45) is 0.179. The fourth-order valence-electron chi connectivity index (χ4n) is 2.87. The van der Waals surface area contributed by atoms with Crippen molar-refractivity contribution in [3.63, 3.8) is 0 Å². The van der Waals surface area contributed by atoms with Gasteiger partial charge in [-0.25, -0.2) is 17.1 Å². The molecule has 0 aliphatic carbocycles. The van der Waals surface area contributed by atoms with Gasteiger partial charge in [-0.05, 0) is 55.0 Å². The Bertz CT molecular complexity index is 1210. The Hall–Kier alpha value is -3.70. The number of benzene rings is 2. The molecule has 0 aliphatic heterocycles. The Morgan fingerprint density at radius 1 is 1.00 bits per heavy atom. The average Bonchev–Trinajstić information content (AvgIpc) is 3.31. The highest BCUT2D eigenvalue weighted by Crippen LogP contribution is 2.16. The molecule has 3 aromatic rings. The summed E-state index contributed by atoms with van der Waals surface area (Å²) in [6, 6.07) is 16.7. The van der Waals surface area contributed by atoms with Crippen LogP contribution in [0, 0.1) is 5.82 Å². The highest BCUT2D eigenvalue weighted by Gasteiger charge is 2.20. The van der Waals surface area contributed by atoms with E-state index < -0.39 is 27.7 Å². The van der Waals surface area contributed by atoms with Gasteiger partial charge in [-0.15, -0.1) is 0 Å². The number of carbonyl (C=O) groups excluding carboxylic acids is 2. The van der Waals surface area contributed by atoms with Gasteiger partial charge in [0.05, 0.1) is 4.90 Å². The predicted octanol–water partition coefficient (Wildman–Crippen LogP) is 2.86. The smallest absolute Gasteiger partial charge is 0.305 e. The second kappa shape index (κ2) is 11.4. The maximum Gasteiger partial charge on any atom is 0.305 e. The number of furan rings is 1. The summed E-state index contributed by atoms with van der Waals surface area (Å²) in [5, 5.41) is 0. The van der Waals surface area contributed by atoms with Crippen molar-refractivity contribution in [3.05, 3.63) is 84.1 Å². The molecule has 11 heteroatoms. The van der Waals surface area contributed by atoms with Crippen LogP contribution >= 0.6 is 0 Å². The van der Waals surface area contributed by atoms with Crippen LogP contribution in [0.15, 0.2) is 76.0 Å². The van der Waals surface area contributed by atoms with E-state index in [0.29, 0.717) is 11.5 Å². The van der Waals surface area contributed by atoms with E-state index in [1.54, 1.807) is 18.2 Å². The second-order valence-electron chi connectivity index (χ2n) is 7.25. The zero-order valence-corrected chi connectivity index (χ0v) is 19.2. The van der Waals surface area contributed by atoms with Gasteiger partial charge in [0.15, 0.2) is 5.76 Å². The molecule has 0 saturated carbocycles. The summed E-state index contributed by atoms with van der Waals surface area (Å²) >= 11 is 0. The number of hydrogen-bond acceptors (Lipinski definition) is 6.